The summed E-state index contributed by atoms with van der Waals surface area (Å²) >= 11 is 0. The minimum atomic E-state index is 0.202. The fourth-order valence-corrected chi connectivity index (χ4v) is 1.95. The third kappa shape index (κ3) is 2.86. The summed E-state index contributed by atoms with van der Waals surface area (Å²) in [5, 5.41) is 4.66. The zero-order valence-electron chi connectivity index (χ0n) is 11.2. The molecule has 0 bridgehead atoms. The number of para-hydroxylation sites is 1. The molecule has 2 aromatic rings. The third-order valence-electron chi connectivity index (χ3n) is 3.41. The fourth-order valence-electron chi connectivity index (χ4n) is 1.95. The summed E-state index contributed by atoms with van der Waals surface area (Å²) in [6.07, 6.45) is 2.04. The molecule has 1 N–H and O–H groups in total. The number of ether oxygens (including phenoxy) is 1. The first-order valence-corrected chi connectivity index (χ1v) is 6.31. The van der Waals surface area contributed by atoms with E-state index in [2.05, 4.69) is 48.4 Å². The summed E-state index contributed by atoms with van der Waals surface area (Å²) in [7, 11) is 1.74. The van der Waals surface area contributed by atoms with Gasteiger partial charge in [0, 0.05) is 31.3 Å². The molecule has 1 heterocycles. The molecule has 2 unspecified atom stereocenters. The van der Waals surface area contributed by atoms with Crippen molar-refractivity contribution in [2.45, 2.75) is 32.5 Å². The lowest BCUT2D eigenvalue weighted by Crippen LogP contribution is -2.36. The number of benzene rings is 1. The molecule has 3 nitrogen and oxygen atoms in total. The van der Waals surface area contributed by atoms with Gasteiger partial charge in [-0.1, -0.05) is 24.3 Å². The molecule has 2 rings (SSSR count). The van der Waals surface area contributed by atoms with Crippen LogP contribution in [0.2, 0.25) is 0 Å². The molecule has 18 heavy (non-hydrogen) atoms. The highest BCUT2D eigenvalue weighted by molar-refractivity contribution is 5.81. The highest BCUT2D eigenvalue weighted by atomic mass is 16.5. The molecule has 0 fully saturated rings. The first kappa shape index (κ1) is 13.0. The van der Waals surface area contributed by atoms with Gasteiger partial charge in [-0.3, -0.25) is 4.98 Å². The van der Waals surface area contributed by atoms with Crippen LogP contribution >= 0.6 is 0 Å². The van der Waals surface area contributed by atoms with Crippen LogP contribution in [0.25, 0.3) is 10.9 Å². The average molecular weight is 244 g/mol. The van der Waals surface area contributed by atoms with Crippen LogP contribution in [0.15, 0.2) is 36.5 Å². The maximum Gasteiger partial charge on any atom is 0.0746 e. The van der Waals surface area contributed by atoms with Crippen molar-refractivity contribution in [3.05, 3.63) is 42.1 Å². The standard InChI is InChI=1S/C15H20N2O/c1-11(12(2)18-3)17-10-14-7-4-6-13-8-5-9-16-15(13)14/h4-9,11-12,17H,10H2,1-3H3. The Kier molecular flexibility index (Phi) is 4.28. The fraction of sp³-hybridized carbons (Fsp3) is 0.400. The van der Waals surface area contributed by atoms with Crippen molar-refractivity contribution < 1.29 is 4.74 Å². The first-order chi connectivity index (χ1) is 8.72. The molecular weight excluding hydrogens is 224 g/mol. The summed E-state index contributed by atoms with van der Waals surface area (Å²) in [4.78, 5) is 4.45. The highest BCUT2D eigenvalue weighted by Gasteiger charge is 2.10. The van der Waals surface area contributed by atoms with Crippen molar-refractivity contribution in [2.24, 2.45) is 0 Å². The van der Waals surface area contributed by atoms with Crippen LogP contribution in [0.3, 0.4) is 0 Å². The number of nitrogens with zero attached hydrogens (tertiary/aromatic N) is 1. The molecule has 1 aromatic carbocycles. The molecule has 0 saturated carbocycles. The van der Waals surface area contributed by atoms with E-state index in [1.165, 1.54) is 10.9 Å². The summed E-state index contributed by atoms with van der Waals surface area (Å²) in [6, 6.07) is 10.7. The topological polar surface area (TPSA) is 34.1 Å². The number of rotatable bonds is 5. The Hall–Kier alpha value is -1.45. The average Bonchev–Trinajstić information content (AvgIpc) is 2.43. The van der Waals surface area contributed by atoms with Crippen LogP contribution < -0.4 is 5.32 Å². The van der Waals surface area contributed by atoms with Gasteiger partial charge in [-0.2, -0.15) is 0 Å². The van der Waals surface area contributed by atoms with E-state index in [0.29, 0.717) is 6.04 Å². The number of methoxy groups -OCH3 is 1. The van der Waals surface area contributed by atoms with E-state index in [9.17, 15) is 0 Å². The van der Waals surface area contributed by atoms with Crippen LogP contribution in [-0.2, 0) is 11.3 Å². The van der Waals surface area contributed by atoms with E-state index in [1.807, 2.05) is 12.3 Å². The Balaban J connectivity index is 2.12. The van der Waals surface area contributed by atoms with Crippen LogP contribution in [-0.4, -0.2) is 24.2 Å². The van der Waals surface area contributed by atoms with Gasteiger partial charge in [0.25, 0.3) is 0 Å². The summed E-state index contributed by atoms with van der Waals surface area (Å²) in [5.74, 6) is 0. The molecule has 1 aromatic heterocycles. The van der Waals surface area contributed by atoms with Gasteiger partial charge in [0.15, 0.2) is 0 Å². The minimum absolute atomic E-state index is 0.202. The SMILES string of the molecule is COC(C)C(C)NCc1cccc2cccnc12. The van der Waals surface area contributed by atoms with E-state index in [4.69, 9.17) is 4.74 Å². The molecule has 0 saturated heterocycles. The Morgan fingerprint density at radius 2 is 2.00 bits per heavy atom. The molecule has 0 amide bonds. The molecule has 3 heteroatoms. The zero-order valence-corrected chi connectivity index (χ0v) is 11.2. The Morgan fingerprint density at radius 3 is 2.78 bits per heavy atom. The normalized spacial score (nSPS) is 14.6. The Labute approximate surface area is 108 Å². The Bertz CT molecular complexity index is 507. The number of fused-ring (bicyclic) bond motifs is 1. The second-order valence-corrected chi connectivity index (χ2v) is 4.60. The first-order valence-electron chi connectivity index (χ1n) is 6.31. The van der Waals surface area contributed by atoms with Gasteiger partial charge in [0.2, 0.25) is 0 Å². The predicted molar refractivity (Wildman–Crippen MR) is 74.5 cm³/mol. The van der Waals surface area contributed by atoms with E-state index in [-0.39, 0.29) is 6.10 Å². The molecule has 0 aliphatic rings. The van der Waals surface area contributed by atoms with Crippen LogP contribution in [0.1, 0.15) is 19.4 Å². The molecule has 96 valence electrons. The van der Waals surface area contributed by atoms with Crippen LogP contribution in [0.4, 0.5) is 0 Å². The van der Waals surface area contributed by atoms with Crippen molar-refractivity contribution >= 4 is 10.9 Å². The Morgan fingerprint density at radius 1 is 1.22 bits per heavy atom. The van der Waals surface area contributed by atoms with Crippen LogP contribution in [0.5, 0.6) is 0 Å². The van der Waals surface area contributed by atoms with Gasteiger partial charge >= 0.3 is 0 Å². The molecular formula is C15H20N2O. The zero-order chi connectivity index (χ0) is 13.0. The predicted octanol–water partition coefficient (Wildman–Crippen LogP) is 2.75. The van der Waals surface area contributed by atoms with E-state index in [1.54, 1.807) is 7.11 Å². The van der Waals surface area contributed by atoms with Crippen molar-refractivity contribution in [2.75, 3.05) is 7.11 Å². The number of nitrogens with one attached hydrogen (secondary N) is 1. The lowest BCUT2D eigenvalue weighted by Gasteiger charge is -2.20. The van der Waals surface area contributed by atoms with Crippen LogP contribution in [0, 0.1) is 0 Å². The van der Waals surface area contributed by atoms with Gasteiger partial charge in [0.05, 0.1) is 11.6 Å². The summed E-state index contributed by atoms with van der Waals surface area (Å²) < 4.78 is 5.31. The molecule has 2 atom stereocenters. The van der Waals surface area contributed by atoms with E-state index >= 15 is 0 Å². The second kappa shape index (κ2) is 5.94. The number of hydrogen-bond donors (Lipinski definition) is 1. The molecule has 0 spiro atoms. The van der Waals surface area contributed by atoms with Crippen molar-refractivity contribution in [3.8, 4) is 0 Å². The van der Waals surface area contributed by atoms with Gasteiger partial charge in [-0.25, -0.2) is 0 Å². The highest BCUT2D eigenvalue weighted by Crippen LogP contribution is 2.15. The van der Waals surface area contributed by atoms with Gasteiger partial charge in [0.1, 0.15) is 0 Å². The smallest absolute Gasteiger partial charge is 0.0746 e. The summed E-state index contributed by atoms with van der Waals surface area (Å²) in [5.41, 5.74) is 2.30. The molecule has 0 radical (unpaired) electrons. The minimum Gasteiger partial charge on any atom is -0.380 e. The van der Waals surface area contributed by atoms with Crippen molar-refractivity contribution in [1.29, 1.82) is 0 Å². The quantitative estimate of drug-likeness (QED) is 0.878. The monoisotopic (exact) mass is 244 g/mol. The molecule has 0 aliphatic carbocycles. The maximum absolute atomic E-state index is 5.31. The van der Waals surface area contributed by atoms with Gasteiger partial charge < -0.3 is 10.1 Å². The van der Waals surface area contributed by atoms with Crippen molar-refractivity contribution in [1.82, 2.24) is 10.3 Å². The number of aromatic nitrogens is 1. The van der Waals surface area contributed by atoms with Gasteiger partial charge in [-0.15, -0.1) is 0 Å². The lowest BCUT2D eigenvalue weighted by atomic mass is 10.1. The number of pyridine rings is 1. The lowest BCUT2D eigenvalue weighted by molar-refractivity contribution is 0.0882. The van der Waals surface area contributed by atoms with E-state index in [0.717, 1.165) is 12.1 Å². The largest absolute Gasteiger partial charge is 0.380 e. The maximum atomic E-state index is 5.31. The number of hydrogen-bond acceptors (Lipinski definition) is 3. The third-order valence-corrected chi connectivity index (χ3v) is 3.41. The van der Waals surface area contributed by atoms with Crippen molar-refractivity contribution in [3.63, 3.8) is 0 Å². The van der Waals surface area contributed by atoms with Gasteiger partial charge in [-0.05, 0) is 25.5 Å². The molecule has 0 aliphatic heterocycles. The summed E-state index contributed by atoms with van der Waals surface area (Å²) in [6.45, 7) is 5.01. The van der Waals surface area contributed by atoms with E-state index < -0.39 is 0 Å². The second-order valence-electron chi connectivity index (χ2n) is 4.60.